The Morgan fingerprint density at radius 3 is 2.56 bits per heavy atom. The fraction of sp³-hybridized carbons (Fsp3) is 0.182. The Bertz CT molecular complexity index is 388. The number of benzene rings is 1. The van der Waals surface area contributed by atoms with Crippen molar-refractivity contribution in [2.75, 3.05) is 0 Å². The summed E-state index contributed by atoms with van der Waals surface area (Å²) in [6.07, 6.45) is 0. The molecule has 1 aromatic rings. The second-order valence-electron chi connectivity index (χ2n) is 3.17. The van der Waals surface area contributed by atoms with Crippen molar-refractivity contribution in [2.45, 2.75) is 13.5 Å². The van der Waals surface area contributed by atoms with Gasteiger partial charge in [0.2, 0.25) is 0 Å². The first-order chi connectivity index (χ1) is 7.61. The van der Waals surface area contributed by atoms with E-state index in [-0.39, 0.29) is 0 Å². The Morgan fingerprint density at radius 1 is 1.44 bits per heavy atom. The second kappa shape index (κ2) is 6.93. The van der Waals surface area contributed by atoms with Gasteiger partial charge in [0.25, 0.3) is 0 Å². The summed E-state index contributed by atoms with van der Waals surface area (Å²) in [7, 11) is 0. The van der Waals surface area contributed by atoms with Gasteiger partial charge in [-0.25, -0.2) is 0 Å². The lowest BCUT2D eigenvalue weighted by atomic mass is 10.2. The van der Waals surface area contributed by atoms with Gasteiger partial charge in [0.15, 0.2) is 0 Å². The highest BCUT2D eigenvalue weighted by Gasteiger charge is 2.03. The summed E-state index contributed by atoms with van der Waals surface area (Å²) >= 11 is 6.21. The number of hydrogen-bond acceptors (Lipinski definition) is 4. The van der Waals surface area contributed by atoms with E-state index in [0.29, 0.717) is 20.9 Å². The van der Waals surface area contributed by atoms with Crippen LogP contribution in [-0.2, 0) is 11.4 Å². The molecule has 0 unspecified atom stereocenters. The maximum absolute atomic E-state index is 7.51. The SMILES string of the molecule is CC(=N)/C(NOCc1ccccc1)=C(\S)I. The lowest BCUT2D eigenvalue weighted by molar-refractivity contribution is 0.0532. The van der Waals surface area contributed by atoms with Crippen LogP contribution in [-0.4, -0.2) is 5.71 Å². The third-order valence-corrected chi connectivity index (χ3v) is 2.60. The zero-order valence-corrected chi connectivity index (χ0v) is 11.9. The standard InChI is InChI=1S/C11H13IN2OS/c1-8(13)10(11(12)16)14-15-7-9-5-3-2-4-6-9/h2-6,13-14,16H,7H2,1H3/b11-10+,13-8?. The maximum Gasteiger partial charge on any atom is 0.100 e. The molecule has 2 N–H and O–H groups in total. The average molecular weight is 348 g/mol. The highest BCUT2D eigenvalue weighted by molar-refractivity contribution is 14.1. The van der Waals surface area contributed by atoms with E-state index in [9.17, 15) is 0 Å². The molecule has 0 saturated heterocycles. The van der Waals surface area contributed by atoms with Crippen molar-refractivity contribution in [3.8, 4) is 0 Å². The minimum Gasteiger partial charge on any atom is -0.303 e. The molecule has 0 radical (unpaired) electrons. The van der Waals surface area contributed by atoms with Crippen molar-refractivity contribution in [3.63, 3.8) is 0 Å². The minimum atomic E-state index is 0.396. The second-order valence-corrected chi connectivity index (χ2v) is 5.55. The van der Waals surface area contributed by atoms with Gasteiger partial charge < -0.3 is 5.41 Å². The van der Waals surface area contributed by atoms with Crippen LogP contribution < -0.4 is 5.48 Å². The molecule has 0 aromatic heterocycles. The lowest BCUT2D eigenvalue weighted by Crippen LogP contribution is -2.19. The van der Waals surface area contributed by atoms with Crippen molar-refractivity contribution >= 4 is 40.9 Å². The molecule has 0 heterocycles. The monoisotopic (exact) mass is 348 g/mol. The number of hydrogen-bond donors (Lipinski definition) is 3. The normalized spacial score (nSPS) is 11.9. The molecule has 86 valence electrons. The molecule has 0 amide bonds. The van der Waals surface area contributed by atoms with E-state index in [2.05, 4.69) is 18.1 Å². The molecule has 5 heteroatoms. The fourth-order valence-corrected chi connectivity index (χ4v) is 1.77. The molecular weight excluding hydrogens is 335 g/mol. The van der Waals surface area contributed by atoms with Crippen molar-refractivity contribution in [1.82, 2.24) is 5.48 Å². The van der Waals surface area contributed by atoms with Crippen LogP contribution in [0.2, 0.25) is 0 Å². The van der Waals surface area contributed by atoms with Gasteiger partial charge in [-0.05, 0) is 35.1 Å². The average Bonchev–Trinajstić information content (AvgIpc) is 2.24. The number of hydroxylamine groups is 1. The van der Waals surface area contributed by atoms with Gasteiger partial charge in [0.05, 0.1) is 15.2 Å². The Morgan fingerprint density at radius 2 is 2.06 bits per heavy atom. The van der Waals surface area contributed by atoms with Gasteiger partial charge in [0, 0.05) is 0 Å². The van der Waals surface area contributed by atoms with Crippen LogP contribution in [0.4, 0.5) is 0 Å². The minimum absolute atomic E-state index is 0.396. The summed E-state index contributed by atoms with van der Waals surface area (Å²) < 4.78 is 0.707. The van der Waals surface area contributed by atoms with Gasteiger partial charge in [-0.1, -0.05) is 30.3 Å². The van der Waals surface area contributed by atoms with E-state index in [1.54, 1.807) is 6.92 Å². The van der Waals surface area contributed by atoms with Crippen LogP contribution in [0.3, 0.4) is 0 Å². The van der Waals surface area contributed by atoms with Crippen LogP contribution in [0.5, 0.6) is 0 Å². The van der Waals surface area contributed by atoms with Crippen molar-refractivity contribution in [2.24, 2.45) is 0 Å². The van der Waals surface area contributed by atoms with Crippen molar-refractivity contribution in [1.29, 1.82) is 5.41 Å². The summed E-state index contributed by atoms with van der Waals surface area (Å²) in [5.74, 6) is 0. The largest absolute Gasteiger partial charge is 0.303 e. The van der Waals surface area contributed by atoms with E-state index in [0.717, 1.165) is 5.56 Å². The zero-order chi connectivity index (χ0) is 12.0. The number of halogens is 1. The van der Waals surface area contributed by atoms with Gasteiger partial charge in [-0.2, -0.15) is 0 Å². The van der Waals surface area contributed by atoms with E-state index >= 15 is 0 Å². The molecule has 0 bridgehead atoms. The molecular formula is C11H13IN2OS. The third kappa shape index (κ3) is 4.54. The molecule has 0 saturated carbocycles. The van der Waals surface area contributed by atoms with Crippen molar-refractivity contribution < 1.29 is 4.84 Å². The lowest BCUT2D eigenvalue weighted by Gasteiger charge is -2.10. The highest BCUT2D eigenvalue weighted by atomic mass is 127. The molecule has 3 nitrogen and oxygen atoms in total. The molecule has 1 aromatic carbocycles. The van der Waals surface area contributed by atoms with E-state index < -0.39 is 0 Å². The van der Waals surface area contributed by atoms with Gasteiger partial charge in [0.1, 0.15) is 5.70 Å². The Balaban J connectivity index is 2.47. The first-order valence-corrected chi connectivity index (χ1v) is 6.20. The maximum atomic E-state index is 7.51. The fourth-order valence-electron chi connectivity index (χ4n) is 1.04. The predicted molar refractivity (Wildman–Crippen MR) is 77.8 cm³/mol. The molecule has 0 aliphatic heterocycles. The van der Waals surface area contributed by atoms with E-state index in [1.807, 2.05) is 52.9 Å². The Hall–Kier alpha value is -0.530. The number of rotatable bonds is 5. The molecule has 0 spiro atoms. The summed E-state index contributed by atoms with van der Waals surface area (Å²) in [4.78, 5) is 5.30. The first kappa shape index (κ1) is 13.5. The topological polar surface area (TPSA) is 45.1 Å². The third-order valence-electron chi connectivity index (χ3n) is 1.84. The Kier molecular flexibility index (Phi) is 5.86. The first-order valence-electron chi connectivity index (χ1n) is 4.67. The van der Waals surface area contributed by atoms with Crippen LogP contribution in [0.1, 0.15) is 12.5 Å². The molecule has 0 fully saturated rings. The van der Waals surface area contributed by atoms with Crippen LogP contribution >= 0.6 is 35.2 Å². The molecule has 1 rings (SSSR count). The molecule has 0 atom stereocenters. The van der Waals surface area contributed by atoms with Crippen molar-refractivity contribution in [3.05, 3.63) is 44.5 Å². The summed E-state index contributed by atoms with van der Waals surface area (Å²) in [6, 6.07) is 9.84. The van der Waals surface area contributed by atoms with Crippen LogP contribution in [0.15, 0.2) is 38.9 Å². The predicted octanol–water partition coefficient (Wildman–Crippen LogP) is 3.28. The molecule has 16 heavy (non-hydrogen) atoms. The van der Waals surface area contributed by atoms with E-state index in [1.165, 1.54) is 0 Å². The summed E-state index contributed by atoms with van der Waals surface area (Å²) in [6.45, 7) is 2.14. The van der Waals surface area contributed by atoms with Gasteiger partial charge >= 0.3 is 0 Å². The number of thiol groups is 1. The Labute approximate surface area is 114 Å². The number of allylic oxidation sites excluding steroid dienone is 1. The zero-order valence-electron chi connectivity index (χ0n) is 8.83. The summed E-state index contributed by atoms with van der Waals surface area (Å²) in [5, 5.41) is 7.51. The quantitative estimate of drug-likeness (QED) is 0.331. The molecule has 0 aliphatic carbocycles. The van der Waals surface area contributed by atoms with E-state index in [4.69, 9.17) is 10.2 Å². The van der Waals surface area contributed by atoms with Gasteiger partial charge in [-0.15, -0.1) is 12.6 Å². The molecule has 0 aliphatic rings. The highest BCUT2D eigenvalue weighted by Crippen LogP contribution is 2.15. The van der Waals surface area contributed by atoms with Crippen LogP contribution in [0.25, 0.3) is 0 Å². The van der Waals surface area contributed by atoms with Crippen LogP contribution in [0, 0.1) is 5.41 Å². The summed E-state index contributed by atoms with van der Waals surface area (Å²) in [5.41, 5.74) is 4.81. The van der Waals surface area contributed by atoms with Gasteiger partial charge in [-0.3, -0.25) is 10.3 Å². The number of nitrogens with one attached hydrogen (secondary N) is 2. The smallest absolute Gasteiger partial charge is 0.100 e.